The lowest BCUT2D eigenvalue weighted by Crippen LogP contribution is -2.42. The number of aromatic nitrogens is 1. The zero-order chi connectivity index (χ0) is 30.1. The first kappa shape index (κ1) is 27.3. The van der Waals surface area contributed by atoms with Crippen LogP contribution < -0.4 is 0 Å². The maximum absolute atomic E-state index is 11.3. The summed E-state index contributed by atoms with van der Waals surface area (Å²) in [5.41, 5.74) is 5.94. The molecule has 0 aliphatic carbocycles. The lowest BCUT2D eigenvalue weighted by atomic mass is 9.54. The molecule has 0 unspecified atom stereocenters. The van der Waals surface area contributed by atoms with Crippen LogP contribution in [0.2, 0.25) is 0 Å². The molecule has 0 aliphatic heterocycles. The molecule has 43 heavy (non-hydrogen) atoms. The van der Waals surface area contributed by atoms with E-state index in [4.69, 9.17) is 0 Å². The van der Waals surface area contributed by atoms with Crippen LogP contribution in [-0.4, -0.2) is 9.94 Å². The predicted octanol–water partition coefficient (Wildman–Crippen LogP) is 11.0. The first-order valence-electron chi connectivity index (χ1n) is 15.3. The molecule has 7 rings (SSSR count). The van der Waals surface area contributed by atoms with E-state index in [1.165, 1.54) is 48.5 Å². The second-order valence-corrected chi connectivity index (χ2v) is 14.1. The Hall–Kier alpha value is -4.56. The average Bonchev–Trinajstić information content (AvgIpc) is 3.27. The molecule has 0 saturated carbocycles. The van der Waals surface area contributed by atoms with Gasteiger partial charge in [0.05, 0.1) is 16.4 Å². The highest BCUT2D eigenvalue weighted by molar-refractivity contribution is 6.08. The van der Waals surface area contributed by atoms with E-state index >= 15 is 0 Å². The third-order valence-electron chi connectivity index (χ3n) is 9.55. The van der Waals surface area contributed by atoms with Crippen LogP contribution in [0.1, 0.15) is 63.8 Å². The summed E-state index contributed by atoms with van der Waals surface area (Å²) in [5.74, 6) is 0. The minimum Gasteiger partial charge on any atom is -0.428 e. The largest absolute Gasteiger partial charge is 0.428 e. The summed E-state index contributed by atoms with van der Waals surface area (Å²) in [5, 5.41) is 18.5. The van der Waals surface area contributed by atoms with Crippen molar-refractivity contribution in [3.05, 3.63) is 144 Å². The highest BCUT2D eigenvalue weighted by Gasteiger charge is 2.48. The van der Waals surface area contributed by atoms with Gasteiger partial charge in [0, 0.05) is 10.8 Å². The Balaban J connectivity index is 1.68. The Morgan fingerprint density at radius 3 is 1.40 bits per heavy atom. The summed E-state index contributed by atoms with van der Waals surface area (Å²) in [4.78, 5) is 0. The Morgan fingerprint density at radius 1 is 0.465 bits per heavy atom. The first-order valence-corrected chi connectivity index (χ1v) is 15.3. The van der Waals surface area contributed by atoms with E-state index in [1.54, 1.807) is 0 Å². The maximum Gasteiger partial charge on any atom is 0.0879 e. The summed E-state index contributed by atoms with van der Waals surface area (Å²) in [6.45, 7) is 13.8. The monoisotopic (exact) mass is 561 g/mol. The third-order valence-corrected chi connectivity index (χ3v) is 9.55. The van der Waals surface area contributed by atoms with Gasteiger partial charge in [0.25, 0.3) is 0 Å². The molecule has 0 aliphatic rings. The van der Waals surface area contributed by atoms with Gasteiger partial charge in [-0.3, -0.25) is 0 Å². The van der Waals surface area contributed by atoms with Crippen LogP contribution in [0.4, 0.5) is 0 Å². The molecule has 0 spiro atoms. The van der Waals surface area contributed by atoms with Crippen LogP contribution in [0.3, 0.4) is 0 Å². The van der Waals surface area contributed by atoms with Gasteiger partial charge in [-0.25, -0.2) is 0 Å². The lowest BCUT2D eigenvalue weighted by molar-refractivity contribution is 0.213. The van der Waals surface area contributed by atoms with E-state index in [0.29, 0.717) is 0 Å². The van der Waals surface area contributed by atoms with Gasteiger partial charge in [0.1, 0.15) is 0 Å². The molecule has 7 aromatic rings. The van der Waals surface area contributed by atoms with Crippen molar-refractivity contribution in [3.8, 4) is 0 Å². The van der Waals surface area contributed by atoms with Crippen LogP contribution in [0.25, 0.3) is 43.4 Å². The molecular weight excluding hydrogens is 522 g/mol. The molecule has 0 atom stereocenters. The SMILES string of the molecule is CC(C)(C)c1ccc2c(c1)c1cc(C(c3cccc4ccccc34)(c3cccc4ccccc34)C(C)(C)C)ccc1n2O. The number of benzene rings is 6. The third kappa shape index (κ3) is 4.00. The molecule has 0 saturated heterocycles. The Morgan fingerprint density at radius 2 is 0.907 bits per heavy atom. The van der Waals surface area contributed by atoms with Crippen molar-refractivity contribution in [2.24, 2.45) is 5.41 Å². The van der Waals surface area contributed by atoms with E-state index in [1.807, 2.05) is 0 Å². The van der Waals surface area contributed by atoms with Gasteiger partial charge >= 0.3 is 0 Å². The molecule has 0 bridgehead atoms. The number of nitrogens with zero attached hydrogens (tertiary/aromatic N) is 1. The van der Waals surface area contributed by atoms with E-state index < -0.39 is 5.41 Å². The van der Waals surface area contributed by atoms with E-state index in [2.05, 4.69) is 163 Å². The summed E-state index contributed by atoms with van der Waals surface area (Å²) in [6.07, 6.45) is 0. The van der Waals surface area contributed by atoms with Crippen molar-refractivity contribution < 1.29 is 5.21 Å². The highest BCUT2D eigenvalue weighted by Crippen LogP contribution is 2.55. The smallest absolute Gasteiger partial charge is 0.0879 e. The molecule has 0 amide bonds. The quantitative estimate of drug-likeness (QED) is 0.168. The van der Waals surface area contributed by atoms with Gasteiger partial charge in [0.2, 0.25) is 0 Å². The fourth-order valence-corrected chi connectivity index (χ4v) is 7.50. The van der Waals surface area contributed by atoms with Crippen LogP contribution in [-0.2, 0) is 10.8 Å². The molecule has 1 N–H and O–H groups in total. The molecule has 214 valence electrons. The molecule has 0 fully saturated rings. The van der Waals surface area contributed by atoms with Crippen molar-refractivity contribution in [1.29, 1.82) is 0 Å². The van der Waals surface area contributed by atoms with Crippen LogP contribution in [0, 0.1) is 5.41 Å². The predicted molar refractivity (Wildman–Crippen MR) is 183 cm³/mol. The molecule has 1 heterocycles. The van der Waals surface area contributed by atoms with Crippen molar-refractivity contribution in [1.82, 2.24) is 4.73 Å². The number of hydrogen-bond donors (Lipinski definition) is 1. The highest BCUT2D eigenvalue weighted by atomic mass is 16.5. The number of rotatable bonds is 3. The van der Waals surface area contributed by atoms with Crippen LogP contribution in [0.15, 0.2) is 121 Å². The van der Waals surface area contributed by atoms with Gasteiger partial charge < -0.3 is 5.21 Å². The van der Waals surface area contributed by atoms with Crippen LogP contribution in [0.5, 0.6) is 0 Å². The first-order chi connectivity index (χ1) is 20.5. The minimum absolute atomic E-state index is 0.00322. The second-order valence-electron chi connectivity index (χ2n) is 14.1. The summed E-state index contributed by atoms with van der Waals surface area (Å²) < 4.78 is 1.36. The molecule has 2 heteroatoms. The second kappa shape index (κ2) is 9.47. The average molecular weight is 562 g/mol. The van der Waals surface area contributed by atoms with E-state index in [0.717, 1.165) is 21.8 Å². The molecular formula is C41H39NO. The number of hydrogen-bond acceptors (Lipinski definition) is 1. The molecule has 2 nitrogen and oxygen atoms in total. The fourth-order valence-electron chi connectivity index (χ4n) is 7.50. The van der Waals surface area contributed by atoms with Gasteiger partial charge in [0.15, 0.2) is 0 Å². The van der Waals surface area contributed by atoms with Crippen LogP contribution >= 0.6 is 0 Å². The summed E-state index contributed by atoms with van der Waals surface area (Å²) in [6, 6.07) is 44.2. The van der Waals surface area contributed by atoms with Gasteiger partial charge in [-0.1, -0.05) is 139 Å². The van der Waals surface area contributed by atoms with E-state index in [-0.39, 0.29) is 10.8 Å². The Labute approximate surface area is 254 Å². The summed E-state index contributed by atoms with van der Waals surface area (Å²) >= 11 is 0. The zero-order valence-electron chi connectivity index (χ0n) is 25.9. The fraction of sp³-hybridized carbons (Fsp3) is 0.220. The Bertz CT molecular complexity index is 2080. The minimum atomic E-state index is -0.519. The van der Waals surface area contributed by atoms with Gasteiger partial charge in [-0.05, 0) is 78.9 Å². The lowest BCUT2D eigenvalue weighted by Gasteiger charge is -2.48. The summed E-state index contributed by atoms with van der Waals surface area (Å²) in [7, 11) is 0. The van der Waals surface area contributed by atoms with Crippen molar-refractivity contribution in [2.75, 3.05) is 0 Å². The van der Waals surface area contributed by atoms with E-state index in [9.17, 15) is 5.21 Å². The molecule has 1 aromatic heterocycles. The van der Waals surface area contributed by atoms with Gasteiger partial charge in [-0.2, -0.15) is 4.73 Å². The van der Waals surface area contributed by atoms with Gasteiger partial charge in [-0.15, -0.1) is 0 Å². The Kier molecular flexibility index (Phi) is 6.01. The number of fused-ring (bicyclic) bond motifs is 5. The van der Waals surface area contributed by atoms with Crippen molar-refractivity contribution >= 4 is 43.4 Å². The normalized spacial score (nSPS) is 13.0. The topological polar surface area (TPSA) is 25.2 Å². The molecule has 6 aromatic carbocycles. The van der Waals surface area contributed by atoms with Crippen molar-refractivity contribution in [3.63, 3.8) is 0 Å². The zero-order valence-corrected chi connectivity index (χ0v) is 25.9. The maximum atomic E-state index is 11.3. The standard InChI is InChI=1S/C41H39NO/c1-39(2,3)29-21-23-37-33(25-29)34-26-30(22-24-38(34)42(37)43)41(40(4,5)6,35-19-11-15-27-13-7-9-17-31(27)35)36-20-12-16-28-14-8-10-18-32(28)36/h7-26,43H,1-6H3. The molecule has 0 radical (unpaired) electrons. The van der Waals surface area contributed by atoms with Crippen molar-refractivity contribution in [2.45, 2.75) is 52.4 Å².